The number of carbonyl (C=O) groups excluding carboxylic acids is 2. The fourth-order valence-electron chi connectivity index (χ4n) is 8.24. The van der Waals surface area contributed by atoms with Crippen LogP contribution in [0.15, 0.2) is 24.3 Å². The van der Waals surface area contributed by atoms with E-state index in [-0.39, 0.29) is 24.1 Å². The van der Waals surface area contributed by atoms with Crippen LogP contribution in [0, 0.1) is 0 Å². The van der Waals surface area contributed by atoms with Crippen molar-refractivity contribution in [1.82, 2.24) is 0 Å². The summed E-state index contributed by atoms with van der Waals surface area (Å²) >= 11 is 0. The standard InChI is InChI=1S/C54H102O6/c1-4-6-8-10-12-14-16-18-20-22-24-26-28-30-36-44-52(56)59-50-42-34-32-38-46-54(58-3,48-40-41-49-55)47-39-33-35-43-51-60-53(57)45-37-31-29-27-25-23-21-19-17-15-13-11-9-7-5-2/h18-21,55H,4-17,22-51H2,1-3H3/b20-18-,21-19-. The number of hydrogen-bond acceptors (Lipinski definition) is 6. The number of carbonyl (C=O) groups is 2. The molecule has 0 bridgehead atoms. The molecule has 0 radical (unpaired) electrons. The molecule has 0 atom stereocenters. The number of aliphatic hydroxyl groups is 1. The molecule has 0 heterocycles. The smallest absolute Gasteiger partial charge is 0.305 e. The Hall–Kier alpha value is -1.66. The molecule has 0 saturated carbocycles. The Balaban J connectivity index is 3.87. The molecular formula is C54H102O6. The molecule has 0 aromatic carbocycles. The minimum absolute atomic E-state index is 0.0400. The van der Waals surface area contributed by atoms with E-state index < -0.39 is 0 Å². The highest BCUT2D eigenvalue weighted by molar-refractivity contribution is 5.69. The van der Waals surface area contributed by atoms with E-state index >= 15 is 0 Å². The monoisotopic (exact) mass is 847 g/mol. The fraction of sp³-hybridized carbons (Fsp3) is 0.889. The second-order valence-electron chi connectivity index (χ2n) is 18.0. The minimum atomic E-state index is -0.137. The van der Waals surface area contributed by atoms with Crippen LogP contribution in [0.3, 0.4) is 0 Å². The largest absolute Gasteiger partial charge is 0.466 e. The van der Waals surface area contributed by atoms with E-state index in [1.54, 1.807) is 0 Å². The molecule has 1 N–H and O–H groups in total. The maximum atomic E-state index is 12.2. The molecule has 0 unspecified atom stereocenters. The molecule has 0 aromatic rings. The zero-order valence-corrected chi connectivity index (χ0v) is 40.4. The Bertz CT molecular complexity index is 878. The summed E-state index contributed by atoms with van der Waals surface area (Å²) in [6.07, 6.45) is 56.6. The molecule has 354 valence electrons. The lowest BCUT2D eigenvalue weighted by atomic mass is 9.85. The van der Waals surface area contributed by atoms with Crippen LogP contribution in [0.1, 0.15) is 277 Å². The lowest BCUT2D eigenvalue weighted by Crippen LogP contribution is -2.31. The second kappa shape index (κ2) is 48.4. The van der Waals surface area contributed by atoms with E-state index in [1.165, 1.54) is 141 Å². The summed E-state index contributed by atoms with van der Waals surface area (Å²) in [5, 5.41) is 9.39. The first-order chi connectivity index (χ1) is 29.5. The van der Waals surface area contributed by atoms with Gasteiger partial charge in [-0.2, -0.15) is 0 Å². The van der Waals surface area contributed by atoms with Crippen molar-refractivity contribution < 1.29 is 28.9 Å². The van der Waals surface area contributed by atoms with E-state index in [0.717, 1.165) is 109 Å². The van der Waals surface area contributed by atoms with Crippen LogP contribution < -0.4 is 0 Å². The SMILES string of the molecule is CCCCCCCC/C=C\CCCCCCCC(=O)OCCCCCCC(CCCCO)(CCCCCCOC(=O)CCCCCCC/C=C\CCCCCCCC)OC. The normalized spacial score (nSPS) is 12.0. The zero-order chi connectivity index (χ0) is 43.7. The molecule has 0 aliphatic rings. The van der Waals surface area contributed by atoms with E-state index in [9.17, 15) is 14.7 Å². The summed E-state index contributed by atoms with van der Waals surface area (Å²) in [5.74, 6) is -0.0800. The van der Waals surface area contributed by atoms with Gasteiger partial charge < -0.3 is 19.3 Å². The molecule has 0 amide bonds. The molecule has 6 heteroatoms. The predicted molar refractivity (Wildman–Crippen MR) is 258 cm³/mol. The molecule has 0 rings (SSSR count). The van der Waals surface area contributed by atoms with Crippen LogP contribution >= 0.6 is 0 Å². The van der Waals surface area contributed by atoms with Crippen molar-refractivity contribution in [2.75, 3.05) is 26.9 Å². The average Bonchev–Trinajstić information content (AvgIpc) is 3.25. The Kier molecular flexibility index (Phi) is 47.0. The van der Waals surface area contributed by atoms with Crippen molar-refractivity contribution in [1.29, 1.82) is 0 Å². The number of hydrogen-bond donors (Lipinski definition) is 1. The first kappa shape index (κ1) is 58.3. The van der Waals surface area contributed by atoms with Gasteiger partial charge in [0.2, 0.25) is 0 Å². The molecule has 0 spiro atoms. The van der Waals surface area contributed by atoms with Crippen LogP contribution in [-0.2, 0) is 23.8 Å². The van der Waals surface area contributed by atoms with Crippen LogP contribution in [0.2, 0.25) is 0 Å². The number of aliphatic hydroxyl groups excluding tert-OH is 1. The van der Waals surface area contributed by atoms with Gasteiger partial charge in [-0.3, -0.25) is 9.59 Å². The summed E-state index contributed by atoms with van der Waals surface area (Å²) < 4.78 is 17.2. The molecule has 0 aliphatic heterocycles. The van der Waals surface area contributed by atoms with Crippen LogP contribution in [0.25, 0.3) is 0 Å². The Morgan fingerprint density at radius 1 is 0.400 bits per heavy atom. The Morgan fingerprint density at radius 3 is 1.05 bits per heavy atom. The Labute approximate surface area is 373 Å². The zero-order valence-electron chi connectivity index (χ0n) is 40.4. The van der Waals surface area contributed by atoms with E-state index in [0.29, 0.717) is 26.1 Å². The van der Waals surface area contributed by atoms with Gasteiger partial charge in [0.1, 0.15) is 0 Å². The van der Waals surface area contributed by atoms with Gasteiger partial charge in [0.05, 0.1) is 18.8 Å². The fourth-order valence-corrected chi connectivity index (χ4v) is 8.24. The molecular weight excluding hydrogens is 745 g/mol. The van der Waals surface area contributed by atoms with E-state index in [1.807, 2.05) is 7.11 Å². The molecule has 0 fully saturated rings. The third-order valence-corrected chi connectivity index (χ3v) is 12.3. The van der Waals surface area contributed by atoms with E-state index in [2.05, 4.69) is 38.2 Å². The van der Waals surface area contributed by atoms with Gasteiger partial charge in [0, 0.05) is 26.6 Å². The quantitative estimate of drug-likeness (QED) is 0.0373. The van der Waals surface area contributed by atoms with Crippen molar-refractivity contribution >= 4 is 11.9 Å². The first-order valence-corrected chi connectivity index (χ1v) is 26.3. The van der Waals surface area contributed by atoms with Crippen LogP contribution in [0.4, 0.5) is 0 Å². The number of unbranched alkanes of at least 4 members (excludes halogenated alkanes) is 29. The first-order valence-electron chi connectivity index (χ1n) is 26.3. The van der Waals surface area contributed by atoms with Crippen molar-refractivity contribution in [3.05, 3.63) is 24.3 Å². The lowest BCUT2D eigenvalue weighted by molar-refractivity contribution is -0.144. The maximum absolute atomic E-state index is 12.2. The van der Waals surface area contributed by atoms with Gasteiger partial charge in [-0.1, -0.05) is 179 Å². The molecule has 6 nitrogen and oxygen atoms in total. The van der Waals surface area contributed by atoms with Crippen molar-refractivity contribution in [2.45, 2.75) is 283 Å². The summed E-state index contributed by atoms with van der Waals surface area (Å²) in [7, 11) is 1.85. The average molecular weight is 847 g/mol. The number of allylic oxidation sites excluding steroid dienone is 4. The summed E-state index contributed by atoms with van der Waals surface area (Å²) in [6.45, 7) is 5.83. The van der Waals surface area contributed by atoms with E-state index in [4.69, 9.17) is 14.2 Å². The van der Waals surface area contributed by atoms with Crippen molar-refractivity contribution in [2.24, 2.45) is 0 Å². The second-order valence-corrected chi connectivity index (χ2v) is 18.0. The predicted octanol–water partition coefficient (Wildman–Crippen LogP) is 16.6. The highest BCUT2D eigenvalue weighted by atomic mass is 16.5. The van der Waals surface area contributed by atoms with Gasteiger partial charge in [-0.15, -0.1) is 0 Å². The number of esters is 2. The lowest BCUT2D eigenvalue weighted by Gasteiger charge is -2.33. The summed E-state index contributed by atoms with van der Waals surface area (Å²) in [4.78, 5) is 24.4. The van der Waals surface area contributed by atoms with Crippen LogP contribution in [-0.4, -0.2) is 49.6 Å². The highest BCUT2D eigenvalue weighted by Crippen LogP contribution is 2.32. The molecule has 0 aromatic heterocycles. The topological polar surface area (TPSA) is 82.1 Å². The van der Waals surface area contributed by atoms with Gasteiger partial charge in [-0.25, -0.2) is 0 Å². The van der Waals surface area contributed by atoms with Crippen molar-refractivity contribution in [3.8, 4) is 0 Å². The Morgan fingerprint density at radius 2 is 0.700 bits per heavy atom. The minimum Gasteiger partial charge on any atom is -0.466 e. The highest BCUT2D eigenvalue weighted by Gasteiger charge is 2.28. The third kappa shape index (κ3) is 43.0. The van der Waals surface area contributed by atoms with Crippen LogP contribution in [0.5, 0.6) is 0 Å². The summed E-state index contributed by atoms with van der Waals surface area (Å²) in [5.41, 5.74) is -0.137. The molecule has 60 heavy (non-hydrogen) atoms. The third-order valence-electron chi connectivity index (χ3n) is 12.3. The van der Waals surface area contributed by atoms with Gasteiger partial charge in [0.15, 0.2) is 0 Å². The maximum Gasteiger partial charge on any atom is 0.305 e. The number of rotatable bonds is 49. The summed E-state index contributed by atoms with van der Waals surface area (Å²) in [6, 6.07) is 0. The van der Waals surface area contributed by atoms with Gasteiger partial charge in [0.25, 0.3) is 0 Å². The number of methoxy groups -OCH3 is 1. The van der Waals surface area contributed by atoms with Gasteiger partial charge >= 0.3 is 11.9 Å². The van der Waals surface area contributed by atoms with Crippen molar-refractivity contribution in [3.63, 3.8) is 0 Å². The molecule has 0 aliphatic carbocycles. The van der Waals surface area contributed by atoms with Gasteiger partial charge in [-0.05, 0) is 109 Å². The number of ether oxygens (including phenoxy) is 3. The molecule has 0 saturated heterocycles.